The van der Waals surface area contributed by atoms with Crippen LogP contribution in [0.4, 0.5) is 0 Å². The first-order chi connectivity index (χ1) is 34.9. The molecule has 13 N–H and O–H groups in total. The van der Waals surface area contributed by atoms with Crippen molar-refractivity contribution in [1.82, 2.24) is 36.8 Å². The number of hydrogen-bond donors (Lipinski definition) is 11. The lowest BCUT2D eigenvalue weighted by Crippen LogP contribution is -2.57. The van der Waals surface area contributed by atoms with E-state index >= 15 is 0 Å². The number of amides is 7. The SMILES string of the molecule is C=C1C(=O)N[C@H](C)C(=O)N[C@@H](Cc2ccc(O)cc2)C(=O)N[C@@H](C(=O)O)CC(=O)N[C@@H](CCCN=C(N)N)C(=O)N[C@@H](/C=C/C(C)=C/[C@H](C)[C@H](Cc2ccccc2)OC)[C@H](C)C(=O)N[C@@H](C(=O)O)CCC(=O)N1C. The third kappa shape index (κ3) is 19.8. The number of likely N-dealkylation sites (N-methyl/N-ethyl adjacent to an activating group) is 1. The minimum Gasteiger partial charge on any atom is -0.508 e. The maximum atomic E-state index is 14.3. The summed E-state index contributed by atoms with van der Waals surface area (Å²) in [5.41, 5.74) is 12.7. The number of nitrogens with one attached hydrogen (secondary N) is 6. The standard InChI is InChI=1S/C51H70N10O13/c1-28(24-29(2)41(74-7)26-33-12-9-8-10-13-33)15-20-36-30(3)44(65)58-38(49(70)71)21-22-43(64)61(6)32(5)46(67)55-31(4)45(66)59-39(25-34-16-18-35(62)19-17-34)48(69)60-40(50(72)73)27-42(63)56-37(47(68)57-36)14-11-23-54-51(52)53/h8-10,12-13,15-20,24,29-31,36-41,62H,5,11,14,21-23,25-27H2,1-4,6-7H3,(H,55,67)(H,56,63)(H,57,68)(H,58,65)(H,59,66)(H,60,69)(H,70,71)(H,72,73)(H4,52,53,54)/b20-15+,28-24+/t29-,30-,31+,36-,37-,38+,39-,40+,41-/m0/s1. The van der Waals surface area contributed by atoms with Crippen LogP contribution >= 0.6 is 0 Å². The number of ether oxygens (including phenoxy) is 1. The highest BCUT2D eigenvalue weighted by Gasteiger charge is 2.34. The van der Waals surface area contributed by atoms with Crippen LogP contribution in [0.3, 0.4) is 0 Å². The van der Waals surface area contributed by atoms with Gasteiger partial charge in [-0.2, -0.15) is 0 Å². The summed E-state index contributed by atoms with van der Waals surface area (Å²) in [5, 5.41) is 45.1. The van der Waals surface area contributed by atoms with Gasteiger partial charge in [0.05, 0.1) is 24.5 Å². The molecule has 0 bridgehead atoms. The number of benzene rings is 2. The number of methoxy groups -OCH3 is 1. The molecule has 1 aliphatic heterocycles. The highest BCUT2D eigenvalue weighted by Crippen LogP contribution is 2.19. The van der Waals surface area contributed by atoms with Crippen LogP contribution in [0.15, 0.2) is 95.7 Å². The Kier molecular flexibility index (Phi) is 24.0. The predicted octanol–water partition coefficient (Wildman–Crippen LogP) is 0.275. The van der Waals surface area contributed by atoms with Gasteiger partial charge in [-0.15, -0.1) is 0 Å². The molecule has 0 unspecified atom stereocenters. The second kappa shape index (κ2) is 29.4. The van der Waals surface area contributed by atoms with E-state index in [1.54, 1.807) is 20.1 Å². The third-order valence-electron chi connectivity index (χ3n) is 12.2. The van der Waals surface area contributed by atoms with E-state index < -0.39 is 120 Å². The van der Waals surface area contributed by atoms with Crippen LogP contribution in [0, 0.1) is 11.8 Å². The van der Waals surface area contributed by atoms with Crippen LogP contribution in [-0.4, -0.2) is 143 Å². The summed E-state index contributed by atoms with van der Waals surface area (Å²) in [6, 6.07) is 6.12. The van der Waals surface area contributed by atoms with Crippen molar-refractivity contribution >= 4 is 59.2 Å². The lowest BCUT2D eigenvalue weighted by atomic mass is 9.94. The molecule has 2 aromatic carbocycles. The molecule has 1 fully saturated rings. The van der Waals surface area contributed by atoms with E-state index in [4.69, 9.17) is 16.2 Å². The number of aromatic hydroxyl groups is 1. The predicted molar refractivity (Wildman–Crippen MR) is 272 cm³/mol. The van der Waals surface area contributed by atoms with E-state index in [1.165, 1.54) is 51.2 Å². The fourth-order valence-electron chi connectivity index (χ4n) is 7.63. The van der Waals surface area contributed by atoms with Gasteiger partial charge in [0.2, 0.25) is 35.4 Å². The average molecular weight is 1030 g/mol. The number of aliphatic carboxylic acids is 2. The zero-order chi connectivity index (χ0) is 55.2. The van der Waals surface area contributed by atoms with Crippen molar-refractivity contribution < 1.29 is 63.2 Å². The number of hydrogen-bond acceptors (Lipinski definition) is 12. The minimum absolute atomic E-state index is 0.00622. The normalized spacial score (nSPS) is 23.6. The Hall–Kier alpha value is -8.08. The number of phenolic OH excluding ortho intramolecular Hbond substituents is 1. The van der Waals surface area contributed by atoms with Crippen LogP contribution in [0.5, 0.6) is 5.75 Å². The second-order valence-electron chi connectivity index (χ2n) is 18.1. The quantitative estimate of drug-likeness (QED) is 0.0375. The van der Waals surface area contributed by atoms with Crippen LogP contribution in [0.2, 0.25) is 0 Å². The van der Waals surface area contributed by atoms with E-state index in [-0.39, 0.29) is 49.5 Å². The Balaban J connectivity index is 2.11. The van der Waals surface area contributed by atoms with Gasteiger partial charge in [0.25, 0.3) is 5.91 Å². The van der Waals surface area contributed by atoms with Crippen molar-refractivity contribution in [3.05, 3.63) is 102 Å². The van der Waals surface area contributed by atoms with Crippen LogP contribution in [0.1, 0.15) is 70.9 Å². The Labute approximate surface area is 429 Å². The number of carboxylic acids is 2. The average Bonchev–Trinajstić information content (AvgIpc) is 3.35. The number of carbonyl (C=O) groups is 9. The molecule has 1 aliphatic rings. The monoisotopic (exact) mass is 1030 g/mol. The number of rotatable bonds is 15. The number of nitrogens with zero attached hydrogens (tertiary/aromatic N) is 2. The number of carbonyl (C=O) groups excluding carboxylic acids is 7. The number of phenols is 1. The fraction of sp³-hybridized carbons (Fsp3) is 0.451. The van der Waals surface area contributed by atoms with Gasteiger partial charge in [0, 0.05) is 39.5 Å². The highest BCUT2D eigenvalue weighted by molar-refractivity contribution is 6.00. The van der Waals surface area contributed by atoms with Crippen LogP contribution < -0.4 is 43.4 Å². The van der Waals surface area contributed by atoms with Gasteiger partial charge in [0.15, 0.2) is 5.96 Å². The molecule has 0 aliphatic carbocycles. The van der Waals surface area contributed by atoms with Gasteiger partial charge in [-0.1, -0.05) is 86.7 Å². The summed E-state index contributed by atoms with van der Waals surface area (Å²) in [4.78, 5) is 126. The van der Waals surface area contributed by atoms with Crippen molar-refractivity contribution in [2.24, 2.45) is 28.3 Å². The number of guanidine groups is 1. The molecule has 9 atom stereocenters. The molecule has 23 nitrogen and oxygen atoms in total. The first-order valence-corrected chi connectivity index (χ1v) is 23.9. The maximum Gasteiger partial charge on any atom is 0.326 e. The first kappa shape index (κ1) is 60.2. The Morgan fingerprint density at radius 3 is 2.07 bits per heavy atom. The largest absolute Gasteiger partial charge is 0.508 e. The van der Waals surface area contributed by atoms with Gasteiger partial charge in [-0.3, -0.25) is 38.6 Å². The van der Waals surface area contributed by atoms with Crippen molar-refractivity contribution in [2.45, 2.75) is 115 Å². The number of allylic oxidation sites excluding steroid dienone is 2. The zero-order valence-electron chi connectivity index (χ0n) is 42.5. The number of aliphatic imine (C=N–C) groups is 1. The zero-order valence-corrected chi connectivity index (χ0v) is 42.5. The Morgan fingerprint density at radius 1 is 0.838 bits per heavy atom. The maximum absolute atomic E-state index is 14.3. The lowest BCUT2D eigenvalue weighted by Gasteiger charge is -2.27. The topological polar surface area (TPSA) is 363 Å². The molecule has 2 aromatic rings. The van der Waals surface area contributed by atoms with E-state index in [2.05, 4.69) is 43.5 Å². The lowest BCUT2D eigenvalue weighted by molar-refractivity contribution is -0.144. The molecule has 0 radical (unpaired) electrons. The molecular formula is C51H70N10O13. The van der Waals surface area contributed by atoms with Gasteiger partial charge < -0.3 is 68.3 Å². The molecule has 402 valence electrons. The Morgan fingerprint density at radius 2 is 1.46 bits per heavy atom. The molecule has 3 rings (SSSR count). The summed E-state index contributed by atoms with van der Waals surface area (Å²) >= 11 is 0. The summed E-state index contributed by atoms with van der Waals surface area (Å²) in [6.45, 7) is 10.1. The van der Waals surface area contributed by atoms with Crippen LogP contribution in [-0.2, 0) is 60.7 Å². The molecule has 0 aromatic heterocycles. The van der Waals surface area contributed by atoms with Crippen molar-refractivity contribution in [2.75, 3.05) is 20.7 Å². The summed E-state index contributed by atoms with van der Waals surface area (Å²) in [5.74, 6) is -11.4. The Bertz CT molecular complexity index is 2420. The molecule has 23 heteroatoms. The van der Waals surface area contributed by atoms with E-state index in [0.717, 1.165) is 10.5 Å². The van der Waals surface area contributed by atoms with Crippen LogP contribution in [0.25, 0.3) is 0 Å². The fourth-order valence-corrected chi connectivity index (χ4v) is 7.63. The molecule has 1 saturated heterocycles. The summed E-state index contributed by atoms with van der Waals surface area (Å²) in [6.07, 6.45) is 3.30. The van der Waals surface area contributed by atoms with E-state index in [9.17, 15) is 58.5 Å². The van der Waals surface area contributed by atoms with Gasteiger partial charge >= 0.3 is 11.9 Å². The van der Waals surface area contributed by atoms with E-state index in [0.29, 0.717) is 17.6 Å². The second-order valence-corrected chi connectivity index (χ2v) is 18.1. The van der Waals surface area contributed by atoms with Gasteiger partial charge in [-0.25, -0.2) is 9.59 Å². The molecule has 1 heterocycles. The minimum atomic E-state index is -1.93. The molecule has 74 heavy (non-hydrogen) atoms. The highest BCUT2D eigenvalue weighted by atomic mass is 16.5. The van der Waals surface area contributed by atoms with Crippen molar-refractivity contribution in [1.29, 1.82) is 0 Å². The van der Waals surface area contributed by atoms with Gasteiger partial charge in [-0.05, 0) is 62.8 Å². The van der Waals surface area contributed by atoms with Crippen molar-refractivity contribution in [3.63, 3.8) is 0 Å². The van der Waals surface area contributed by atoms with E-state index in [1.807, 2.05) is 43.3 Å². The molecule has 0 spiro atoms. The van der Waals surface area contributed by atoms with Crippen molar-refractivity contribution in [3.8, 4) is 5.75 Å². The number of carboxylic acid groups (broad SMARTS) is 2. The smallest absolute Gasteiger partial charge is 0.326 e. The summed E-state index contributed by atoms with van der Waals surface area (Å²) in [7, 11) is 2.80. The third-order valence-corrected chi connectivity index (χ3v) is 12.2. The first-order valence-electron chi connectivity index (χ1n) is 23.9. The molecule has 0 saturated carbocycles. The van der Waals surface area contributed by atoms with Gasteiger partial charge in [0.1, 0.15) is 41.7 Å². The number of nitrogens with two attached hydrogens (primary N) is 2. The summed E-state index contributed by atoms with van der Waals surface area (Å²) < 4.78 is 5.81. The molecular weight excluding hydrogens is 961 g/mol. The molecule has 7 amide bonds.